The summed E-state index contributed by atoms with van der Waals surface area (Å²) in [5, 5.41) is 14.3. The molecule has 0 fully saturated rings. The van der Waals surface area contributed by atoms with E-state index < -0.39 is 11.5 Å². The van der Waals surface area contributed by atoms with Gasteiger partial charge in [-0.05, 0) is 18.2 Å². The molecule has 0 aliphatic heterocycles. The third-order valence-corrected chi connectivity index (χ3v) is 3.19. The first-order valence-corrected chi connectivity index (χ1v) is 6.74. The lowest BCUT2D eigenvalue weighted by atomic mass is 10.1. The number of nitrogens with one attached hydrogen (secondary N) is 2. The Bertz CT molecular complexity index is 948. The number of hydrazone groups is 1. The van der Waals surface area contributed by atoms with Crippen molar-refractivity contribution in [2.24, 2.45) is 5.10 Å². The van der Waals surface area contributed by atoms with Gasteiger partial charge in [-0.2, -0.15) is 5.10 Å². The number of aromatic nitrogens is 2. The highest BCUT2D eigenvalue weighted by molar-refractivity contribution is 6.02. The van der Waals surface area contributed by atoms with Crippen molar-refractivity contribution in [1.29, 1.82) is 0 Å². The highest BCUT2D eigenvalue weighted by Gasteiger charge is 2.18. The molecule has 7 nitrogen and oxygen atoms in total. The Morgan fingerprint density at radius 1 is 1.26 bits per heavy atom. The number of hydrogen-bond donors (Lipinski definition) is 3. The zero-order valence-corrected chi connectivity index (χ0v) is 11.9. The Morgan fingerprint density at radius 3 is 2.87 bits per heavy atom. The first kappa shape index (κ1) is 14.5. The molecular weight excluding hydrogens is 296 g/mol. The molecule has 3 N–H and O–H groups in total. The molecule has 0 bridgehead atoms. The van der Waals surface area contributed by atoms with Crippen molar-refractivity contribution in [2.45, 2.75) is 0 Å². The molecule has 7 heteroatoms. The van der Waals surface area contributed by atoms with Crippen LogP contribution in [0, 0.1) is 0 Å². The van der Waals surface area contributed by atoms with Gasteiger partial charge in [0.15, 0.2) is 0 Å². The van der Waals surface area contributed by atoms with Crippen LogP contribution in [0.15, 0.2) is 58.7 Å². The van der Waals surface area contributed by atoms with E-state index in [9.17, 15) is 14.7 Å². The van der Waals surface area contributed by atoms with Crippen LogP contribution in [0.4, 0.5) is 0 Å². The molecule has 0 radical (unpaired) electrons. The summed E-state index contributed by atoms with van der Waals surface area (Å²) >= 11 is 0. The molecule has 1 aromatic carbocycles. The number of hydrogen-bond acceptors (Lipinski definition) is 5. The fourth-order valence-corrected chi connectivity index (χ4v) is 2.11. The highest BCUT2D eigenvalue weighted by Crippen LogP contribution is 2.24. The van der Waals surface area contributed by atoms with Gasteiger partial charge in [0.05, 0.1) is 11.7 Å². The number of para-hydroxylation sites is 1. The predicted molar refractivity (Wildman–Crippen MR) is 85.5 cm³/mol. The van der Waals surface area contributed by atoms with Gasteiger partial charge in [-0.3, -0.25) is 14.6 Å². The van der Waals surface area contributed by atoms with Gasteiger partial charge in [0, 0.05) is 23.3 Å². The van der Waals surface area contributed by atoms with Crippen molar-refractivity contribution < 1.29 is 9.90 Å². The average Bonchev–Trinajstić information content (AvgIpc) is 2.56. The Labute approximate surface area is 130 Å². The van der Waals surface area contributed by atoms with Crippen molar-refractivity contribution >= 4 is 23.0 Å². The quantitative estimate of drug-likeness (QED) is 0.502. The molecule has 0 spiro atoms. The number of nitrogens with zero attached hydrogens (tertiary/aromatic N) is 2. The largest absolute Gasteiger partial charge is 0.506 e. The number of amides is 1. The first-order valence-electron chi connectivity index (χ1n) is 6.74. The molecule has 0 unspecified atom stereocenters. The molecule has 114 valence electrons. The lowest BCUT2D eigenvalue weighted by molar-refractivity contribution is 0.0951. The Balaban J connectivity index is 1.89. The number of benzene rings is 1. The highest BCUT2D eigenvalue weighted by atomic mass is 16.3. The minimum Gasteiger partial charge on any atom is -0.506 e. The standard InChI is InChI=1S/C16H12N4O3/c21-14-11-5-1-2-6-12(11)19-15(22)13(14)16(23)20-18-9-10-4-3-7-17-8-10/h1-9H,(H,20,23)(H2,19,21,22)/b18-9-. The zero-order valence-electron chi connectivity index (χ0n) is 11.9. The van der Waals surface area contributed by atoms with Crippen molar-refractivity contribution in [2.75, 3.05) is 0 Å². The number of pyridine rings is 2. The van der Waals surface area contributed by atoms with Gasteiger partial charge in [0.25, 0.3) is 11.5 Å². The van der Waals surface area contributed by atoms with E-state index in [2.05, 4.69) is 20.5 Å². The van der Waals surface area contributed by atoms with Gasteiger partial charge >= 0.3 is 0 Å². The van der Waals surface area contributed by atoms with Gasteiger partial charge in [-0.15, -0.1) is 0 Å². The predicted octanol–water partition coefficient (Wildman–Crippen LogP) is 1.39. The van der Waals surface area contributed by atoms with Crippen LogP contribution in [-0.4, -0.2) is 27.2 Å². The molecule has 2 heterocycles. The van der Waals surface area contributed by atoms with E-state index in [4.69, 9.17) is 0 Å². The summed E-state index contributed by atoms with van der Waals surface area (Å²) < 4.78 is 0. The van der Waals surface area contributed by atoms with Crippen LogP contribution in [-0.2, 0) is 0 Å². The number of carbonyl (C=O) groups excluding carboxylic acids is 1. The first-order chi connectivity index (χ1) is 11.2. The average molecular weight is 308 g/mol. The molecule has 2 aromatic heterocycles. The zero-order chi connectivity index (χ0) is 16.2. The SMILES string of the molecule is O=C(N/N=C\c1cccnc1)c1c(O)c2ccccc2[nH]c1=O. The maximum absolute atomic E-state index is 12.1. The summed E-state index contributed by atoms with van der Waals surface area (Å²) in [6.07, 6.45) is 4.57. The normalized spacial score (nSPS) is 11.0. The molecule has 1 amide bonds. The van der Waals surface area contributed by atoms with Crippen molar-refractivity contribution in [3.8, 4) is 5.75 Å². The lowest BCUT2D eigenvalue weighted by Gasteiger charge is -2.05. The summed E-state index contributed by atoms with van der Waals surface area (Å²) in [6.45, 7) is 0. The summed E-state index contributed by atoms with van der Waals surface area (Å²) in [5.41, 5.74) is 2.28. The van der Waals surface area contributed by atoms with Crippen LogP contribution in [0.25, 0.3) is 10.9 Å². The van der Waals surface area contributed by atoms with Crippen LogP contribution < -0.4 is 11.0 Å². The van der Waals surface area contributed by atoms with Crippen molar-refractivity contribution in [1.82, 2.24) is 15.4 Å². The summed E-state index contributed by atoms with van der Waals surface area (Å²) in [7, 11) is 0. The van der Waals surface area contributed by atoms with Crippen LogP contribution in [0.3, 0.4) is 0 Å². The van der Waals surface area contributed by atoms with Crippen LogP contribution in [0.2, 0.25) is 0 Å². The van der Waals surface area contributed by atoms with Crippen LogP contribution >= 0.6 is 0 Å². The molecule has 23 heavy (non-hydrogen) atoms. The van der Waals surface area contributed by atoms with E-state index >= 15 is 0 Å². The molecule has 3 aromatic rings. The van der Waals surface area contributed by atoms with E-state index in [-0.39, 0.29) is 11.3 Å². The van der Waals surface area contributed by atoms with E-state index in [0.717, 1.165) is 0 Å². The summed E-state index contributed by atoms with van der Waals surface area (Å²) in [4.78, 5) is 30.5. The molecule has 0 saturated carbocycles. The van der Waals surface area contributed by atoms with E-state index in [1.165, 1.54) is 6.21 Å². The fourth-order valence-electron chi connectivity index (χ4n) is 2.11. The number of H-pyrrole nitrogens is 1. The second-order valence-electron chi connectivity index (χ2n) is 4.71. The van der Waals surface area contributed by atoms with Crippen molar-refractivity contribution in [3.05, 3.63) is 70.3 Å². The Morgan fingerprint density at radius 2 is 2.09 bits per heavy atom. The number of rotatable bonds is 3. The minimum atomic E-state index is -0.797. The monoisotopic (exact) mass is 308 g/mol. The van der Waals surface area contributed by atoms with Crippen molar-refractivity contribution in [3.63, 3.8) is 0 Å². The number of aromatic amines is 1. The second-order valence-corrected chi connectivity index (χ2v) is 4.71. The molecule has 0 saturated heterocycles. The van der Waals surface area contributed by atoms with E-state index in [1.54, 1.807) is 48.8 Å². The topological polar surface area (TPSA) is 107 Å². The van der Waals surface area contributed by atoms with E-state index in [1.807, 2.05) is 0 Å². The summed E-state index contributed by atoms with van der Waals surface area (Å²) in [6, 6.07) is 10.1. The molecule has 3 rings (SSSR count). The smallest absolute Gasteiger partial charge is 0.280 e. The maximum Gasteiger partial charge on any atom is 0.280 e. The third-order valence-electron chi connectivity index (χ3n) is 3.19. The van der Waals surface area contributed by atoms with Gasteiger partial charge in [0.1, 0.15) is 11.3 Å². The van der Waals surface area contributed by atoms with Crippen LogP contribution in [0.1, 0.15) is 15.9 Å². The third kappa shape index (κ3) is 2.93. The lowest BCUT2D eigenvalue weighted by Crippen LogP contribution is -2.26. The number of fused-ring (bicyclic) bond motifs is 1. The molecular formula is C16H12N4O3. The molecule has 0 aliphatic carbocycles. The van der Waals surface area contributed by atoms with Gasteiger partial charge < -0.3 is 10.1 Å². The summed E-state index contributed by atoms with van der Waals surface area (Å²) in [5.74, 6) is -1.17. The fraction of sp³-hybridized carbons (Fsp3) is 0. The Kier molecular flexibility index (Phi) is 3.84. The molecule has 0 aliphatic rings. The van der Waals surface area contributed by atoms with Gasteiger partial charge in [-0.25, -0.2) is 5.43 Å². The van der Waals surface area contributed by atoms with Gasteiger partial charge in [0.2, 0.25) is 0 Å². The number of aromatic hydroxyl groups is 1. The van der Waals surface area contributed by atoms with E-state index in [0.29, 0.717) is 16.5 Å². The molecule has 0 atom stereocenters. The second kappa shape index (κ2) is 6.10. The Hall–Kier alpha value is -3.48. The maximum atomic E-state index is 12.1. The van der Waals surface area contributed by atoms with Gasteiger partial charge in [-0.1, -0.05) is 18.2 Å². The van der Waals surface area contributed by atoms with Crippen LogP contribution in [0.5, 0.6) is 5.75 Å². The minimum absolute atomic E-state index is 0.376. The number of carbonyl (C=O) groups is 1.